The number of rotatable bonds is 44. The number of unbranched alkanes of at least 4 members (excludes halogenated alkanes) is 5. The molecule has 142 heavy (non-hydrogen) atoms. The lowest BCUT2D eigenvalue weighted by molar-refractivity contribution is -0.153. The molecule has 5 fully saturated rings. The molecule has 764 valence electrons. The molecule has 5 aliphatic rings. The van der Waals surface area contributed by atoms with Crippen molar-refractivity contribution < 1.29 is 33.4 Å². The minimum absolute atomic E-state index is 0.0901. The molecule has 10 N–H and O–H groups in total. The summed E-state index contributed by atoms with van der Waals surface area (Å²) in [7, 11) is 0. The molecule has 3 amide bonds. The average Bonchev–Trinajstić information content (AvgIpc) is 1.51. The molecule has 36 heteroatoms. The average molecular weight is 2060 g/mol. The van der Waals surface area contributed by atoms with Gasteiger partial charge < -0.3 is 61.0 Å². The van der Waals surface area contributed by atoms with E-state index in [1.165, 1.54) is 27.9 Å². The van der Waals surface area contributed by atoms with Crippen molar-refractivity contribution in [2.75, 3.05) is 144 Å². The van der Waals surface area contributed by atoms with Crippen LogP contribution < -0.4 is 26.6 Å². The fourth-order valence-corrected chi connectivity index (χ4v) is 18.7. The smallest absolute Gasteiger partial charge is 0.324 e. The molecule has 5 unspecified atom stereocenters. The number of piperazine rings is 5. The number of aromatic amines is 5. The Bertz CT molecular complexity index is 5340. The molecule has 0 radical (unpaired) electrons. The van der Waals surface area contributed by atoms with E-state index >= 15 is 0 Å². The first kappa shape index (κ1) is 111. The second-order valence-electron chi connectivity index (χ2n) is 36.5. The number of hydrogen-bond donors (Lipinski definition) is 10. The van der Waals surface area contributed by atoms with E-state index in [9.17, 15) is 24.0 Å². The second kappa shape index (κ2) is 62.0. The van der Waals surface area contributed by atoms with Crippen LogP contribution in [-0.2, 0) is 105 Å². The van der Waals surface area contributed by atoms with Crippen molar-refractivity contribution in [1.82, 2.24) is 116 Å². The summed E-state index contributed by atoms with van der Waals surface area (Å²) >= 11 is 36.0. The third-order valence-electron chi connectivity index (χ3n) is 25.8. The summed E-state index contributed by atoms with van der Waals surface area (Å²) in [5.41, 5.74) is 12.9. The predicted octanol–water partition coefficient (Wildman–Crippen LogP) is 14.8. The third-order valence-corrected chi connectivity index (χ3v) is 27.3. The van der Waals surface area contributed by atoms with Gasteiger partial charge in [-0.25, -0.2) is 24.9 Å². The maximum absolute atomic E-state index is 13.3. The zero-order chi connectivity index (χ0) is 99.7. The van der Waals surface area contributed by atoms with E-state index in [1.54, 1.807) is 31.6 Å². The van der Waals surface area contributed by atoms with Crippen LogP contribution in [0.4, 0.5) is 0 Å². The van der Waals surface area contributed by atoms with Gasteiger partial charge in [0.25, 0.3) is 0 Å². The van der Waals surface area contributed by atoms with Gasteiger partial charge in [-0.2, -0.15) is 0 Å². The van der Waals surface area contributed by atoms with Crippen molar-refractivity contribution in [2.45, 2.75) is 180 Å². The molecule has 0 spiro atoms. The zero-order valence-electron chi connectivity index (χ0n) is 81.9. The minimum atomic E-state index is -0.225. The molecule has 11 aromatic rings. The summed E-state index contributed by atoms with van der Waals surface area (Å²) in [6, 6.07) is 46.4. The lowest BCUT2D eigenvalue weighted by atomic mass is 10.1. The van der Waals surface area contributed by atoms with Crippen molar-refractivity contribution in [3.8, 4) is 0 Å². The number of benzene rings is 6. The van der Waals surface area contributed by atoms with Gasteiger partial charge in [0, 0.05) is 247 Å². The topological polar surface area (TPSA) is 333 Å². The second-order valence-corrected chi connectivity index (χ2v) is 39.2. The van der Waals surface area contributed by atoms with Crippen LogP contribution in [0.3, 0.4) is 0 Å². The number of aromatic nitrogens is 10. The minimum Gasteiger partial charge on any atom is -0.465 e. The summed E-state index contributed by atoms with van der Waals surface area (Å²) in [5, 5.41) is 20.4. The molecule has 5 saturated heterocycles. The first-order chi connectivity index (χ1) is 69.3. The molecule has 5 aromatic heterocycles. The molecule has 10 heterocycles. The van der Waals surface area contributed by atoms with Gasteiger partial charge in [0.15, 0.2) is 0 Å². The Labute approximate surface area is 866 Å². The standard InChI is InChI=1S/C26H31Cl2N5O.2C21H29ClN4O2.2C19H26ClN5O/c27-22-8-4-20(5-9-22)16-32-13-14-33(17-21-6-10-23(28)11-7-21)25(18-32)26(34)30-12-2-1-3-24-15-29-19-31-24;1-2-28-21(27)20-15-25(14-17-6-8-18(22)9-7-17)11-12-26(20)10-4-3-5-19-13-23-16-24-19;1-2-28-21(27)20-15-25(10-4-3-5-19-13-23-16-24-19)11-12-26(20)14-17-6-8-18(22)9-7-17;20-16-6-4-15(5-7-16)13-25-10-9-21-12-18(25)19(26)23-8-2-1-3-17-11-22-14-24-17;20-16-6-4-15(5-7-16)12-25-10-9-22-18(13-25)19(26)23-8-2-1-3-17-11-21-14-24-17/h4-11,15,19,25H,1-3,12-14,16-18H2,(H,29,31)(H,30,34);2*6-9,13,16,20H,2-5,10-12,14-15H2,1H3,(H,23,24);4-7,11,14,18,21H,1-3,8-10,12-13H2,(H,22,24)(H,23,26);4-7,11,14,18,22H,1-3,8-10,12-13H2,(H,21,24)(H,23,26). The number of aryl methyl sites for hydroxylation is 5. The Hall–Kier alpha value is -9.94. The maximum Gasteiger partial charge on any atom is 0.324 e. The highest BCUT2D eigenvalue weighted by atomic mass is 35.5. The molecule has 16 rings (SSSR count). The monoisotopic (exact) mass is 2060 g/mol. The third kappa shape index (κ3) is 39.9. The lowest BCUT2D eigenvalue weighted by Gasteiger charge is -2.40. The van der Waals surface area contributed by atoms with E-state index in [0.29, 0.717) is 52.5 Å². The number of nitrogens with one attached hydrogen (secondary N) is 10. The summed E-state index contributed by atoms with van der Waals surface area (Å²) in [5.74, 6) is 0.0480. The Kier molecular flexibility index (Phi) is 48.4. The molecule has 5 aliphatic heterocycles. The molecule has 0 aliphatic carbocycles. The van der Waals surface area contributed by atoms with Crippen LogP contribution >= 0.6 is 69.6 Å². The van der Waals surface area contributed by atoms with Gasteiger partial charge in [-0.1, -0.05) is 142 Å². The predicted molar refractivity (Wildman–Crippen MR) is 564 cm³/mol. The van der Waals surface area contributed by atoms with Crippen molar-refractivity contribution in [3.63, 3.8) is 0 Å². The Morgan fingerprint density at radius 1 is 0.317 bits per heavy atom. The normalized spacial score (nSPS) is 17.9. The van der Waals surface area contributed by atoms with Crippen LogP contribution in [0.2, 0.25) is 30.1 Å². The van der Waals surface area contributed by atoms with Crippen LogP contribution in [0.15, 0.2) is 208 Å². The van der Waals surface area contributed by atoms with Crippen molar-refractivity contribution in [3.05, 3.63) is 300 Å². The highest BCUT2D eigenvalue weighted by Crippen LogP contribution is 2.26. The number of carbonyl (C=O) groups is 5. The van der Waals surface area contributed by atoms with Crippen LogP contribution in [0.1, 0.15) is 140 Å². The highest BCUT2D eigenvalue weighted by Gasteiger charge is 2.37. The van der Waals surface area contributed by atoms with Crippen LogP contribution in [0, 0.1) is 0 Å². The molecule has 5 atom stereocenters. The summed E-state index contributed by atoms with van der Waals surface area (Å²) in [6.07, 6.45) is 32.9. The van der Waals surface area contributed by atoms with Crippen molar-refractivity contribution in [2.24, 2.45) is 0 Å². The molecular weight excluding hydrogens is 1920 g/mol. The molecular formula is C106H141Cl6N23O7. The number of esters is 2. The SMILES string of the molecule is CCOC(=O)C1CN(CCCCc2cnc[nH]2)CCN1Cc1ccc(Cl)cc1.CCOC(=O)C1CN(Cc2ccc(Cl)cc2)CCN1CCCCc1cnc[nH]1.O=C(NCCCCc1cnc[nH]1)C1CN(Cc2ccc(Cl)cc2)CCN1.O=C(NCCCCc1cnc[nH]1)C1CN(Cc2ccc(Cl)cc2)CCN1Cc1ccc(Cl)cc1.O=C(NCCCCc1cnc[nH]1)C1CNCCN1Cc1ccc(Cl)cc1. The van der Waals surface area contributed by atoms with E-state index in [-0.39, 0.29) is 59.9 Å². The van der Waals surface area contributed by atoms with Gasteiger partial charge in [-0.3, -0.25) is 63.2 Å². The van der Waals surface area contributed by atoms with Gasteiger partial charge in [-0.15, -0.1) is 0 Å². The van der Waals surface area contributed by atoms with Crippen molar-refractivity contribution >= 4 is 99.3 Å². The first-order valence-electron chi connectivity index (χ1n) is 50.1. The van der Waals surface area contributed by atoms with Crippen LogP contribution in [-0.4, -0.2) is 293 Å². The fourth-order valence-electron chi connectivity index (χ4n) is 18.0. The maximum atomic E-state index is 13.3. The first-order valence-corrected chi connectivity index (χ1v) is 52.4. The number of ether oxygens (including phenoxy) is 2. The number of hydrogen-bond acceptors (Lipinski definition) is 22. The molecule has 0 bridgehead atoms. The highest BCUT2D eigenvalue weighted by molar-refractivity contribution is 6.32. The van der Waals surface area contributed by atoms with Gasteiger partial charge in [0.05, 0.1) is 50.9 Å². The van der Waals surface area contributed by atoms with E-state index in [4.69, 9.17) is 79.1 Å². The number of nitrogens with zero attached hydrogens (tertiary/aromatic N) is 13. The van der Waals surface area contributed by atoms with E-state index < -0.39 is 0 Å². The van der Waals surface area contributed by atoms with Crippen molar-refractivity contribution in [1.29, 1.82) is 0 Å². The summed E-state index contributed by atoms with van der Waals surface area (Å²) < 4.78 is 10.7. The summed E-state index contributed by atoms with van der Waals surface area (Å²) in [6.45, 7) is 25.7. The zero-order valence-corrected chi connectivity index (χ0v) is 86.4. The lowest BCUT2D eigenvalue weighted by Crippen LogP contribution is -2.58. The number of H-pyrrole nitrogens is 5. The Morgan fingerprint density at radius 2 is 0.620 bits per heavy atom. The molecule has 0 saturated carbocycles. The summed E-state index contributed by atoms with van der Waals surface area (Å²) in [4.78, 5) is 118. The molecule has 30 nitrogen and oxygen atoms in total. The van der Waals surface area contributed by atoms with Gasteiger partial charge in [0.1, 0.15) is 24.2 Å². The number of imidazole rings is 5. The van der Waals surface area contributed by atoms with Crippen LogP contribution in [0.25, 0.3) is 0 Å². The van der Waals surface area contributed by atoms with E-state index in [2.05, 4.69) is 128 Å². The fraction of sp³-hybridized carbons (Fsp3) is 0.472. The Morgan fingerprint density at radius 3 is 0.993 bits per heavy atom. The Balaban J connectivity index is 0.000000159. The number of halogens is 6. The van der Waals surface area contributed by atoms with E-state index in [0.717, 1.165) is 291 Å². The number of amides is 3. The molecule has 6 aromatic carbocycles. The quantitative estimate of drug-likeness (QED) is 0.0125. The van der Waals surface area contributed by atoms with Gasteiger partial charge in [-0.05, 0) is 229 Å². The van der Waals surface area contributed by atoms with Gasteiger partial charge >= 0.3 is 11.9 Å². The van der Waals surface area contributed by atoms with Crippen LogP contribution in [0.5, 0.6) is 0 Å². The van der Waals surface area contributed by atoms with E-state index in [1.807, 2.05) is 178 Å². The number of carbonyl (C=O) groups excluding carboxylic acids is 5. The largest absolute Gasteiger partial charge is 0.465 e. The van der Waals surface area contributed by atoms with Gasteiger partial charge in [0.2, 0.25) is 17.7 Å².